The normalized spacial score (nSPS) is 14.4. The summed E-state index contributed by atoms with van der Waals surface area (Å²) < 4.78 is 0. The maximum Gasteiger partial charge on any atom is 0.163 e. The molecule has 110 valence electrons. The lowest BCUT2D eigenvalue weighted by Crippen LogP contribution is -2.14. The molecule has 0 amide bonds. The van der Waals surface area contributed by atoms with Crippen molar-refractivity contribution < 1.29 is 0 Å². The van der Waals surface area contributed by atoms with Gasteiger partial charge < -0.3 is 5.43 Å². The number of benzene rings is 1. The van der Waals surface area contributed by atoms with Crippen LogP contribution in [0, 0.1) is 0 Å². The molecular weight excluding hydrogens is 307 g/mol. The van der Waals surface area contributed by atoms with Crippen LogP contribution in [0.25, 0.3) is 11.4 Å². The third-order valence-electron chi connectivity index (χ3n) is 3.76. The van der Waals surface area contributed by atoms with Gasteiger partial charge in [0.05, 0.1) is 10.0 Å². The molecule has 4 nitrogen and oxygen atoms in total. The molecule has 6 heteroatoms. The number of aromatic nitrogens is 2. The summed E-state index contributed by atoms with van der Waals surface area (Å²) in [5.41, 5.74) is 5.61. The zero-order valence-electron chi connectivity index (χ0n) is 11.5. The largest absolute Gasteiger partial charge is 0.308 e. The van der Waals surface area contributed by atoms with Gasteiger partial charge >= 0.3 is 0 Å². The molecule has 1 heterocycles. The first-order chi connectivity index (χ1) is 10.2. The number of fused-ring (bicyclic) bond motifs is 1. The van der Waals surface area contributed by atoms with Crippen molar-refractivity contribution in [3.8, 4) is 11.4 Å². The Morgan fingerprint density at radius 2 is 1.86 bits per heavy atom. The molecule has 1 aliphatic carbocycles. The van der Waals surface area contributed by atoms with Crippen LogP contribution < -0.4 is 11.3 Å². The Bertz CT molecular complexity index is 673. The van der Waals surface area contributed by atoms with Gasteiger partial charge in [0.2, 0.25) is 0 Å². The first kappa shape index (κ1) is 14.6. The highest BCUT2D eigenvalue weighted by Crippen LogP contribution is 2.34. The number of nitrogens with two attached hydrogens (primary N) is 1. The summed E-state index contributed by atoms with van der Waals surface area (Å²) in [6.07, 6.45) is 5.38. The SMILES string of the molecule is NNc1nc(-c2cccc(Cl)c2Cl)nc2c1CCCCC2. The van der Waals surface area contributed by atoms with E-state index in [0.29, 0.717) is 21.7 Å². The van der Waals surface area contributed by atoms with Crippen molar-refractivity contribution in [2.75, 3.05) is 5.43 Å². The molecule has 1 aromatic carbocycles. The van der Waals surface area contributed by atoms with Crippen LogP contribution in [-0.2, 0) is 12.8 Å². The Balaban J connectivity index is 2.16. The number of nitrogen functional groups attached to an aromatic ring is 1. The van der Waals surface area contributed by atoms with Crippen LogP contribution in [0.3, 0.4) is 0 Å². The summed E-state index contributed by atoms with van der Waals surface area (Å²) in [7, 11) is 0. The van der Waals surface area contributed by atoms with Crippen molar-refractivity contribution in [1.29, 1.82) is 0 Å². The first-order valence-corrected chi connectivity index (χ1v) is 7.77. The monoisotopic (exact) mass is 322 g/mol. The van der Waals surface area contributed by atoms with Crippen LogP contribution in [0.5, 0.6) is 0 Å². The number of nitrogens with zero attached hydrogens (tertiary/aromatic N) is 2. The molecule has 0 aliphatic heterocycles. The van der Waals surface area contributed by atoms with Crippen molar-refractivity contribution in [2.24, 2.45) is 5.84 Å². The Morgan fingerprint density at radius 1 is 1.05 bits per heavy atom. The Morgan fingerprint density at radius 3 is 2.67 bits per heavy atom. The van der Waals surface area contributed by atoms with Crippen LogP contribution in [-0.4, -0.2) is 9.97 Å². The van der Waals surface area contributed by atoms with Crippen LogP contribution in [0.4, 0.5) is 5.82 Å². The summed E-state index contributed by atoms with van der Waals surface area (Å²) in [5, 5.41) is 0.964. The van der Waals surface area contributed by atoms with E-state index >= 15 is 0 Å². The van der Waals surface area contributed by atoms with E-state index in [1.165, 1.54) is 6.42 Å². The number of aryl methyl sites for hydroxylation is 1. The van der Waals surface area contributed by atoms with Crippen molar-refractivity contribution in [1.82, 2.24) is 9.97 Å². The van der Waals surface area contributed by atoms with Crippen LogP contribution in [0.1, 0.15) is 30.5 Å². The van der Waals surface area contributed by atoms with Gasteiger partial charge in [-0.15, -0.1) is 0 Å². The van der Waals surface area contributed by atoms with Gasteiger partial charge in [0.15, 0.2) is 5.82 Å². The van der Waals surface area contributed by atoms with Crippen molar-refractivity contribution in [2.45, 2.75) is 32.1 Å². The van der Waals surface area contributed by atoms with E-state index in [2.05, 4.69) is 10.4 Å². The minimum absolute atomic E-state index is 0.468. The summed E-state index contributed by atoms with van der Waals surface area (Å²) in [4.78, 5) is 9.23. The minimum Gasteiger partial charge on any atom is -0.308 e. The number of nitrogens with one attached hydrogen (secondary N) is 1. The fourth-order valence-corrected chi connectivity index (χ4v) is 3.07. The molecule has 0 saturated carbocycles. The average molecular weight is 323 g/mol. The average Bonchev–Trinajstić information content (AvgIpc) is 2.74. The van der Waals surface area contributed by atoms with E-state index in [1.807, 2.05) is 12.1 Å². The highest BCUT2D eigenvalue weighted by atomic mass is 35.5. The summed E-state index contributed by atoms with van der Waals surface area (Å²) in [5.74, 6) is 6.89. The topological polar surface area (TPSA) is 63.8 Å². The van der Waals surface area contributed by atoms with Crippen LogP contribution in [0.2, 0.25) is 10.0 Å². The summed E-state index contributed by atoms with van der Waals surface area (Å²) in [6, 6.07) is 5.46. The molecule has 1 aromatic heterocycles. The summed E-state index contributed by atoms with van der Waals surface area (Å²) in [6.45, 7) is 0. The van der Waals surface area contributed by atoms with E-state index < -0.39 is 0 Å². The number of rotatable bonds is 2. The zero-order valence-corrected chi connectivity index (χ0v) is 13.0. The van der Waals surface area contributed by atoms with E-state index in [-0.39, 0.29) is 0 Å². The number of anilines is 1. The number of hydrazine groups is 1. The molecule has 2 aromatic rings. The lowest BCUT2D eigenvalue weighted by molar-refractivity contribution is 0.709. The molecular formula is C15H16Cl2N4. The van der Waals surface area contributed by atoms with Gasteiger partial charge in [0.1, 0.15) is 5.82 Å². The molecule has 3 rings (SSSR count). The maximum absolute atomic E-state index is 6.28. The molecule has 0 fully saturated rings. The van der Waals surface area contributed by atoms with Gasteiger partial charge in [-0.05, 0) is 37.8 Å². The lowest BCUT2D eigenvalue weighted by atomic mass is 10.1. The molecule has 21 heavy (non-hydrogen) atoms. The Hall–Kier alpha value is -1.36. The van der Waals surface area contributed by atoms with Gasteiger partial charge in [-0.25, -0.2) is 15.8 Å². The Kier molecular flexibility index (Phi) is 4.29. The molecule has 0 saturated heterocycles. The van der Waals surface area contributed by atoms with Crippen molar-refractivity contribution in [3.05, 3.63) is 39.5 Å². The summed E-state index contributed by atoms with van der Waals surface area (Å²) >= 11 is 12.4. The van der Waals surface area contributed by atoms with Gasteiger partial charge in [0.25, 0.3) is 0 Å². The zero-order chi connectivity index (χ0) is 14.8. The lowest BCUT2D eigenvalue weighted by Gasteiger charge is -2.13. The first-order valence-electron chi connectivity index (χ1n) is 7.01. The van der Waals surface area contributed by atoms with Crippen LogP contribution >= 0.6 is 23.2 Å². The van der Waals surface area contributed by atoms with Gasteiger partial charge in [-0.2, -0.15) is 0 Å². The fraction of sp³-hybridized carbons (Fsp3) is 0.333. The third kappa shape index (κ3) is 2.84. The van der Waals surface area contributed by atoms with E-state index in [4.69, 9.17) is 34.0 Å². The second-order valence-electron chi connectivity index (χ2n) is 5.13. The number of hydrogen-bond donors (Lipinski definition) is 2. The highest BCUT2D eigenvalue weighted by Gasteiger charge is 2.18. The van der Waals surface area contributed by atoms with Crippen LogP contribution in [0.15, 0.2) is 18.2 Å². The second-order valence-corrected chi connectivity index (χ2v) is 5.91. The smallest absolute Gasteiger partial charge is 0.163 e. The number of halogens is 2. The molecule has 0 spiro atoms. The molecule has 0 unspecified atom stereocenters. The fourth-order valence-electron chi connectivity index (χ4n) is 2.69. The minimum atomic E-state index is 0.468. The molecule has 1 aliphatic rings. The van der Waals surface area contributed by atoms with E-state index in [0.717, 1.165) is 42.5 Å². The standard InChI is InChI=1S/C15H16Cl2N4/c16-11-7-4-6-10(13(11)17)14-19-12-8-3-1-2-5-9(12)15(20-14)21-18/h4,6-7H,1-3,5,8,18H2,(H,19,20,21). The van der Waals surface area contributed by atoms with E-state index in [1.54, 1.807) is 6.07 Å². The molecule has 0 bridgehead atoms. The second kappa shape index (κ2) is 6.18. The predicted octanol–water partition coefficient (Wildman–Crippen LogP) is 4.00. The Labute approximate surface area is 133 Å². The molecule has 0 atom stereocenters. The van der Waals surface area contributed by atoms with Gasteiger partial charge in [0, 0.05) is 16.8 Å². The third-order valence-corrected chi connectivity index (χ3v) is 4.58. The van der Waals surface area contributed by atoms with Gasteiger partial charge in [-0.3, -0.25) is 0 Å². The number of hydrogen-bond acceptors (Lipinski definition) is 4. The van der Waals surface area contributed by atoms with E-state index in [9.17, 15) is 0 Å². The predicted molar refractivity (Wildman–Crippen MR) is 86.6 cm³/mol. The molecule has 3 N–H and O–H groups in total. The highest BCUT2D eigenvalue weighted by molar-refractivity contribution is 6.43. The van der Waals surface area contributed by atoms with Crippen molar-refractivity contribution >= 4 is 29.0 Å². The van der Waals surface area contributed by atoms with Crippen molar-refractivity contribution in [3.63, 3.8) is 0 Å². The maximum atomic E-state index is 6.28. The molecule has 0 radical (unpaired) electrons. The quantitative estimate of drug-likeness (QED) is 0.498. The van der Waals surface area contributed by atoms with Gasteiger partial charge in [-0.1, -0.05) is 35.7 Å².